The number of halogens is 4. The number of likely N-dealkylation sites (tertiary alicyclic amines) is 1. The molecule has 2 N–H and O–H groups in total. The Morgan fingerprint density at radius 2 is 2.00 bits per heavy atom. The van der Waals surface area contributed by atoms with Crippen LogP contribution in [0, 0.1) is 0 Å². The Morgan fingerprint density at radius 3 is 2.70 bits per heavy atom. The second kappa shape index (κ2) is 10.4. The summed E-state index contributed by atoms with van der Waals surface area (Å²) >= 11 is 12.4. The number of aliphatic hydroxyl groups is 1. The first-order valence-corrected chi connectivity index (χ1v) is 13.0. The summed E-state index contributed by atoms with van der Waals surface area (Å²) in [7, 11) is 0. The van der Waals surface area contributed by atoms with Gasteiger partial charge in [-0.15, -0.1) is 0 Å². The summed E-state index contributed by atoms with van der Waals surface area (Å²) < 4.78 is 37.0. The number of piperidine rings is 1. The number of anilines is 2. The van der Waals surface area contributed by atoms with Crippen LogP contribution in [0.15, 0.2) is 30.3 Å². The maximum absolute atomic E-state index is 12.7. The average molecular weight is 556 g/mol. The third kappa shape index (κ3) is 5.60. The summed E-state index contributed by atoms with van der Waals surface area (Å²) in [6.45, 7) is 2.92. The number of nitrogens with one attached hydrogen (secondary N) is 1. The topological polar surface area (TPSA) is 74.3 Å². The molecule has 2 saturated heterocycles. The van der Waals surface area contributed by atoms with Gasteiger partial charge in [0.1, 0.15) is 23.7 Å². The van der Waals surface area contributed by atoms with Crippen molar-refractivity contribution in [2.24, 2.45) is 0 Å². The molecule has 0 aliphatic carbocycles. The number of hydrogen-bond acceptors (Lipinski definition) is 6. The highest BCUT2D eigenvalue weighted by Crippen LogP contribution is 2.43. The zero-order valence-corrected chi connectivity index (χ0v) is 21.9. The van der Waals surface area contributed by atoms with Crippen LogP contribution in [0.5, 0.6) is 11.5 Å². The Bertz CT molecular complexity index is 1180. The van der Waals surface area contributed by atoms with Crippen LogP contribution >= 0.6 is 23.2 Å². The van der Waals surface area contributed by atoms with Crippen molar-refractivity contribution >= 4 is 40.5 Å². The number of hydrogen-bond donors (Lipinski definition) is 2. The number of fused-ring (bicyclic) bond motifs is 1. The number of amides is 1. The molecular formula is C26H29Cl2F2N3O4. The third-order valence-corrected chi connectivity index (χ3v) is 7.90. The Morgan fingerprint density at radius 1 is 1.24 bits per heavy atom. The number of β-amino-alcohol motifs (C(OH)–C–C–N with tert-alkyl or cyclic N) is 1. The number of ether oxygens (including phenoxy) is 2. The van der Waals surface area contributed by atoms with E-state index >= 15 is 0 Å². The zero-order chi connectivity index (χ0) is 26.3. The quantitative estimate of drug-likeness (QED) is 0.542. The van der Waals surface area contributed by atoms with E-state index in [1.165, 1.54) is 13.0 Å². The van der Waals surface area contributed by atoms with Gasteiger partial charge in [-0.1, -0.05) is 23.2 Å². The summed E-state index contributed by atoms with van der Waals surface area (Å²) in [5.74, 6) is 0.694. The minimum Gasteiger partial charge on any atom is -0.487 e. The second-order valence-corrected chi connectivity index (χ2v) is 10.8. The van der Waals surface area contributed by atoms with Gasteiger partial charge in [0.2, 0.25) is 5.91 Å². The molecule has 2 aromatic rings. The predicted octanol–water partition coefficient (Wildman–Crippen LogP) is 4.61. The molecule has 2 fully saturated rings. The van der Waals surface area contributed by atoms with Crippen molar-refractivity contribution in [1.29, 1.82) is 0 Å². The molecule has 1 amide bonds. The fourth-order valence-corrected chi connectivity index (χ4v) is 6.04. The van der Waals surface area contributed by atoms with E-state index < -0.39 is 19.1 Å². The molecule has 3 aliphatic rings. The molecule has 3 aliphatic heterocycles. The molecule has 7 nitrogen and oxygen atoms in total. The van der Waals surface area contributed by atoms with Crippen molar-refractivity contribution in [3.63, 3.8) is 0 Å². The first kappa shape index (κ1) is 26.3. The monoisotopic (exact) mass is 555 g/mol. The third-order valence-electron chi connectivity index (χ3n) is 7.37. The molecule has 11 heteroatoms. The Hall–Kier alpha value is -2.33. The smallest absolute Gasteiger partial charge is 0.272 e. The fourth-order valence-electron chi connectivity index (χ4n) is 5.63. The van der Waals surface area contributed by atoms with Gasteiger partial charge in [0, 0.05) is 63.5 Å². The lowest BCUT2D eigenvalue weighted by atomic mass is 9.86. The average Bonchev–Trinajstić information content (AvgIpc) is 3.38. The van der Waals surface area contributed by atoms with Crippen LogP contribution in [0.25, 0.3) is 0 Å². The van der Waals surface area contributed by atoms with Crippen LogP contribution in [0.1, 0.15) is 25.3 Å². The van der Waals surface area contributed by atoms with E-state index in [0.29, 0.717) is 29.5 Å². The lowest BCUT2D eigenvalue weighted by Gasteiger charge is -2.41. The molecule has 2 atom stereocenters. The Labute approximate surface area is 224 Å². The van der Waals surface area contributed by atoms with Crippen molar-refractivity contribution < 1.29 is 28.2 Å². The highest BCUT2D eigenvalue weighted by Gasteiger charge is 2.45. The lowest BCUT2D eigenvalue weighted by Crippen LogP contribution is -2.53. The minimum absolute atomic E-state index is 0.0991. The first-order valence-electron chi connectivity index (χ1n) is 12.3. The number of carbonyl (C=O) groups is 1. The number of rotatable bonds is 6. The number of benzene rings is 2. The molecule has 37 heavy (non-hydrogen) atoms. The van der Waals surface area contributed by atoms with Crippen molar-refractivity contribution in [3.05, 3.63) is 45.9 Å². The molecule has 1 spiro atoms. The standard InChI is InChI=1S/C26H29Cl2F2N3O4/c1-15(34)31-19-9-18(28)24(36-14-25(29)30)10-20(19)33-12-21(22(35)13-33)32-6-4-26(5-7-32)11-16-8-17(27)2-3-23(16)37-26/h2-3,8-10,21-22,25,35H,4-7,11-14H2,1H3,(H,31,34). The van der Waals surface area contributed by atoms with Gasteiger partial charge in [-0.3, -0.25) is 9.69 Å². The summed E-state index contributed by atoms with van der Waals surface area (Å²) in [5.41, 5.74) is 1.87. The predicted molar refractivity (Wildman–Crippen MR) is 139 cm³/mol. The maximum Gasteiger partial charge on any atom is 0.272 e. The highest BCUT2D eigenvalue weighted by molar-refractivity contribution is 6.32. The number of aliphatic hydroxyl groups excluding tert-OH is 1. The summed E-state index contributed by atoms with van der Waals surface area (Å²) in [5, 5.41) is 14.6. The van der Waals surface area contributed by atoms with Gasteiger partial charge in [-0.2, -0.15) is 0 Å². The van der Waals surface area contributed by atoms with Crippen molar-refractivity contribution in [3.8, 4) is 11.5 Å². The molecule has 0 bridgehead atoms. The van der Waals surface area contributed by atoms with Gasteiger partial charge in [-0.05, 0) is 29.8 Å². The minimum atomic E-state index is -2.65. The Balaban J connectivity index is 1.29. The van der Waals surface area contributed by atoms with Crippen molar-refractivity contribution in [2.75, 3.05) is 43.0 Å². The molecule has 200 valence electrons. The molecule has 0 radical (unpaired) electrons. The first-order chi connectivity index (χ1) is 17.6. The zero-order valence-electron chi connectivity index (χ0n) is 20.4. The van der Waals surface area contributed by atoms with Crippen molar-refractivity contribution in [2.45, 2.75) is 50.4 Å². The van der Waals surface area contributed by atoms with E-state index in [1.807, 2.05) is 23.1 Å². The SMILES string of the molecule is CC(=O)Nc1cc(Cl)c(OCC(F)F)cc1N1CC(O)C(N2CCC3(CC2)Cc2cc(Cl)ccc2O3)C1. The van der Waals surface area contributed by atoms with Gasteiger partial charge in [0.25, 0.3) is 6.43 Å². The van der Waals surface area contributed by atoms with Gasteiger partial charge in [0.15, 0.2) is 0 Å². The van der Waals surface area contributed by atoms with E-state index in [2.05, 4.69) is 10.2 Å². The van der Waals surface area contributed by atoms with Gasteiger partial charge < -0.3 is 24.8 Å². The summed E-state index contributed by atoms with van der Waals surface area (Å²) in [6.07, 6.45) is -0.815. The summed E-state index contributed by atoms with van der Waals surface area (Å²) in [6, 6.07) is 8.63. The fraction of sp³-hybridized carbons (Fsp3) is 0.500. The van der Waals surface area contributed by atoms with Crippen LogP contribution in [0.3, 0.4) is 0 Å². The molecule has 2 unspecified atom stereocenters. The number of carbonyl (C=O) groups excluding carboxylic acids is 1. The normalized spacial score (nSPS) is 22.8. The number of alkyl halides is 2. The van der Waals surface area contributed by atoms with E-state index in [9.17, 15) is 18.7 Å². The molecule has 0 saturated carbocycles. The van der Waals surface area contributed by atoms with Gasteiger partial charge in [0.05, 0.1) is 28.5 Å². The summed E-state index contributed by atoms with van der Waals surface area (Å²) in [4.78, 5) is 16.0. The van der Waals surface area contributed by atoms with E-state index in [0.717, 1.165) is 43.7 Å². The molecular weight excluding hydrogens is 527 g/mol. The van der Waals surface area contributed by atoms with Crippen LogP contribution in [-0.2, 0) is 11.2 Å². The second-order valence-electron chi connectivity index (χ2n) is 9.97. The van der Waals surface area contributed by atoms with Crippen LogP contribution in [0.2, 0.25) is 10.0 Å². The van der Waals surface area contributed by atoms with Crippen LogP contribution in [-0.4, -0.2) is 72.9 Å². The number of nitrogens with zero attached hydrogens (tertiary/aromatic N) is 2. The molecule has 3 heterocycles. The van der Waals surface area contributed by atoms with Crippen molar-refractivity contribution in [1.82, 2.24) is 4.90 Å². The molecule has 5 rings (SSSR count). The molecule has 0 aromatic heterocycles. The van der Waals surface area contributed by atoms with Gasteiger partial charge >= 0.3 is 0 Å². The maximum atomic E-state index is 12.7. The lowest BCUT2D eigenvalue weighted by molar-refractivity contribution is -0.114. The Kier molecular flexibility index (Phi) is 7.42. The van der Waals surface area contributed by atoms with E-state index in [1.54, 1.807) is 6.07 Å². The van der Waals surface area contributed by atoms with E-state index in [4.69, 9.17) is 32.7 Å². The molecule has 2 aromatic carbocycles. The van der Waals surface area contributed by atoms with Crippen LogP contribution in [0.4, 0.5) is 20.2 Å². The highest BCUT2D eigenvalue weighted by atomic mass is 35.5. The van der Waals surface area contributed by atoms with Gasteiger partial charge in [-0.25, -0.2) is 8.78 Å². The largest absolute Gasteiger partial charge is 0.487 e. The van der Waals surface area contributed by atoms with Crippen LogP contribution < -0.4 is 19.7 Å². The van der Waals surface area contributed by atoms with E-state index in [-0.39, 0.29) is 28.3 Å².